The number of allylic oxidation sites excluding steroid dienone is 3. The summed E-state index contributed by atoms with van der Waals surface area (Å²) in [5, 5.41) is 19.2. The number of carboxylic acids is 1. The fourth-order valence-electron chi connectivity index (χ4n) is 5.29. The molecule has 0 aromatic carbocycles. The topological polar surface area (TPSA) is 57.5 Å². The lowest BCUT2D eigenvalue weighted by Crippen LogP contribution is -2.04. The molecule has 0 aromatic rings. The molecular weight excluding hydrogens is 480 g/mol. The normalized spacial score (nSPS) is 12.9. The van der Waals surface area contributed by atoms with Gasteiger partial charge in [0.25, 0.3) is 0 Å². The number of carboxylic acid groups (broad SMARTS) is 1. The molecule has 0 aliphatic carbocycles. The lowest BCUT2D eigenvalue weighted by molar-refractivity contribution is -0.137. The van der Waals surface area contributed by atoms with E-state index in [2.05, 4.69) is 32.1 Å². The molecule has 39 heavy (non-hydrogen) atoms. The molecule has 0 aliphatic rings. The summed E-state index contributed by atoms with van der Waals surface area (Å²) in [6.07, 6.45) is 40.6. The Kier molecular flexibility index (Phi) is 30.6. The predicted molar refractivity (Wildman–Crippen MR) is 171 cm³/mol. The van der Waals surface area contributed by atoms with Gasteiger partial charge in [0.15, 0.2) is 0 Å². The van der Waals surface area contributed by atoms with Crippen molar-refractivity contribution in [1.82, 2.24) is 0 Å². The largest absolute Gasteiger partial charge is 0.481 e. The quantitative estimate of drug-likeness (QED) is 0.0669. The first-order chi connectivity index (χ1) is 19.1. The van der Waals surface area contributed by atoms with Crippen molar-refractivity contribution in [2.45, 2.75) is 200 Å². The molecule has 0 radical (unpaired) electrons. The first-order valence-electron chi connectivity index (χ1n) is 17.4. The molecule has 2 N–H and O–H groups in total. The maximum absolute atomic E-state index is 10.7. The number of hydrogen-bond acceptors (Lipinski definition) is 2. The summed E-state index contributed by atoms with van der Waals surface area (Å²) in [5.74, 6) is -0.683. The van der Waals surface area contributed by atoms with Crippen molar-refractivity contribution in [3.8, 4) is 0 Å². The molecule has 0 saturated carbocycles. The second kappa shape index (κ2) is 31.4. The minimum Gasteiger partial charge on any atom is -0.481 e. The molecular formula is C36H68O3. The summed E-state index contributed by atoms with van der Waals surface area (Å²) in [6.45, 7) is 4.51. The molecule has 0 amide bonds. The van der Waals surface area contributed by atoms with Gasteiger partial charge in [0.1, 0.15) is 0 Å². The zero-order valence-electron chi connectivity index (χ0n) is 26.4. The summed E-state index contributed by atoms with van der Waals surface area (Å²) in [7, 11) is 0. The minimum absolute atomic E-state index is 0.216. The Morgan fingerprint density at radius 1 is 0.590 bits per heavy atom. The van der Waals surface area contributed by atoms with E-state index >= 15 is 0 Å². The van der Waals surface area contributed by atoms with Crippen LogP contribution in [0.25, 0.3) is 0 Å². The van der Waals surface area contributed by atoms with Gasteiger partial charge in [0.05, 0.1) is 6.10 Å². The maximum atomic E-state index is 10.7. The van der Waals surface area contributed by atoms with Gasteiger partial charge in [-0.1, -0.05) is 166 Å². The van der Waals surface area contributed by atoms with E-state index in [0.717, 1.165) is 64.2 Å². The van der Waals surface area contributed by atoms with Crippen LogP contribution in [-0.4, -0.2) is 22.3 Å². The lowest BCUT2D eigenvalue weighted by atomic mass is 10.0. The van der Waals surface area contributed by atoms with Crippen LogP contribution in [0.15, 0.2) is 23.8 Å². The van der Waals surface area contributed by atoms with Crippen LogP contribution in [0, 0.1) is 0 Å². The second-order valence-corrected chi connectivity index (χ2v) is 12.0. The number of carbonyl (C=O) groups is 1. The van der Waals surface area contributed by atoms with Gasteiger partial charge in [0.2, 0.25) is 0 Å². The van der Waals surface area contributed by atoms with Crippen LogP contribution in [0.2, 0.25) is 0 Å². The van der Waals surface area contributed by atoms with Crippen molar-refractivity contribution < 1.29 is 15.0 Å². The van der Waals surface area contributed by atoms with Crippen molar-refractivity contribution in [1.29, 1.82) is 0 Å². The van der Waals surface area contributed by atoms with Crippen molar-refractivity contribution in [2.75, 3.05) is 0 Å². The maximum Gasteiger partial charge on any atom is 0.303 e. The minimum atomic E-state index is -0.683. The molecule has 0 fully saturated rings. The molecule has 0 saturated heterocycles. The number of aliphatic hydroxyl groups is 1. The zero-order valence-corrected chi connectivity index (χ0v) is 26.4. The Morgan fingerprint density at radius 3 is 1.54 bits per heavy atom. The van der Waals surface area contributed by atoms with E-state index in [9.17, 15) is 9.90 Å². The van der Waals surface area contributed by atoms with E-state index in [1.165, 1.54) is 115 Å². The molecule has 0 aliphatic heterocycles. The second-order valence-electron chi connectivity index (χ2n) is 12.0. The molecule has 0 bridgehead atoms. The van der Waals surface area contributed by atoms with E-state index in [4.69, 9.17) is 5.11 Å². The predicted octanol–water partition coefficient (Wildman–Crippen LogP) is 11.9. The van der Waals surface area contributed by atoms with Gasteiger partial charge in [-0.3, -0.25) is 4.79 Å². The number of hydrogen-bond donors (Lipinski definition) is 2. The standard InChI is InChI=1S/C36H68O3/c1-3-5-7-9-10-11-12-13-14-15-16-17-18-19-21-24-28-34(29-25-22-20-23-27-31-36(38)39)32-33-35(37)30-26-8-6-4-2/h24,28,32,35,37H,3-23,25-27,29-31,33H2,1-2H3,(H,38,39)/b28-24-,34-32-/t35-/m1/s1. The first-order valence-corrected chi connectivity index (χ1v) is 17.4. The smallest absolute Gasteiger partial charge is 0.303 e. The van der Waals surface area contributed by atoms with Crippen LogP contribution in [0.4, 0.5) is 0 Å². The molecule has 1 atom stereocenters. The van der Waals surface area contributed by atoms with E-state index in [1.807, 2.05) is 0 Å². The number of rotatable bonds is 31. The van der Waals surface area contributed by atoms with Crippen LogP contribution in [0.5, 0.6) is 0 Å². The van der Waals surface area contributed by atoms with Gasteiger partial charge >= 0.3 is 5.97 Å². The average molecular weight is 549 g/mol. The third kappa shape index (κ3) is 31.3. The highest BCUT2D eigenvalue weighted by Gasteiger charge is 2.03. The Hall–Kier alpha value is -1.09. The van der Waals surface area contributed by atoms with E-state index < -0.39 is 5.97 Å². The molecule has 3 heteroatoms. The Labute approximate surface area is 244 Å². The first kappa shape index (κ1) is 37.9. The van der Waals surface area contributed by atoms with Crippen LogP contribution >= 0.6 is 0 Å². The molecule has 3 nitrogen and oxygen atoms in total. The summed E-state index contributed by atoms with van der Waals surface area (Å²) in [6, 6.07) is 0. The lowest BCUT2D eigenvalue weighted by Gasteiger charge is -2.09. The molecule has 0 unspecified atom stereocenters. The van der Waals surface area contributed by atoms with Crippen LogP contribution in [0.3, 0.4) is 0 Å². The fourth-order valence-corrected chi connectivity index (χ4v) is 5.29. The third-order valence-corrected chi connectivity index (χ3v) is 7.96. The van der Waals surface area contributed by atoms with Crippen molar-refractivity contribution >= 4 is 5.97 Å². The van der Waals surface area contributed by atoms with Gasteiger partial charge in [-0.2, -0.15) is 0 Å². The third-order valence-electron chi connectivity index (χ3n) is 7.96. The zero-order chi connectivity index (χ0) is 28.7. The molecule has 0 heterocycles. The highest BCUT2D eigenvalue weighted by Crippen LogP contribution is 2.17. The fraction of sp³-hybridized carbons (Fsp3) is 0.861. The summed E-state index contributed by atoms with van der Waals surface area (Å²) in [5.41, 5.74) is 1.37. The average Bonchev–Trinajstić information content (AvgIpc) is 2.92. The van der Waals surface area contributed by atoms with Gasteiger partial charge < -0.3 is 10.2 Å². The highest BCUT2D eigenvalue weighted by atomic mass is 16.4. The number of aliphatic carboxylic acids is 1. The van der Waals surface area contributed by atoms with Gasteiger partial charge in [-0.05, 0) is 44.9 Å². The molecule has 0 aromatic heterocycles. The van der Waals surface area contributed by atoms with E-state index in [1.54, 1.807) is 0 Å². The van der Waals surface area contributed by atoms with Crippen LogP contribution in [-0.2, 0) is 4.79 Å². The Balaban J connectivity index is 4.05. The summed E-state index contributed by atoms with van der Waals surface area (Å²) >= 11 is 0. The van der Waals surface area contributed by atoms with Crippen LogP contribution < -0.4 is 0 Å². The van der Waals surface area contributed by atoms with Crippen LogP contribution in [0.1, 0.15) is 194 Å². The number of unbranched alkanes of at least 4 members (excludes halogenated alkanes) is 21. The van der Waals surface area contributed by atoms with Crippen molar-refractivity contribution in [3.63, 3.8) is 0 Å². The van der Waals surface area contributed by atoms with Gasteiger partial charge in [0, 0.05) is 6.42 Å². The Bertz CT molecular complexity index is 566. The Morgan fingerprint density at radius 2 is 1.03 bits per heavy atom. The van der Waals surface area contributed by atoms with E-state index in [-0.39, 0.29) is 6.10 Å². The monoisotopic (exact) mass is 549 g/mol. The molecule has 230 valence electrons. The van der Waals surface area contributed by atoms with Gasteiger partial charge in [-0.15, -0.1) is 0 Å². The SMILES string of the molecule is CCCCCCCCCCCCCCCC/C=C\C(=C\C[C@H](O)CCCCCC)CCCCCCCC(=O)O. The van der Waals surface area contributed by atoms with Crippen molar-refractivity contribution in [2.24, 2.45) is 0 Å². The highest BCUT2D eigenvalue weighted by molar-refractivity contribution is 5.66. The van der Waals surface area contributed by atoms with E-state index in [0.29, 0.717) is 6.42 Å². The molecule has 0 spiro atoms. The van der Waals surface area contributed by atoms with Crippen molar-refractivity contribution in [3.05, 3.63) is 23.8 Å². The summed E-state index contributed by atoms with van der Waals surface area (Å²) < 4.78 is 0. The molecule has 0 rings (SSSR count). The summed E-state index contributed by atoms with van der Waals surface area (Å²) in [4.78, 5) is 10.7. The van der Waals surface area contributed by atoms with Gasteiger partial charge in [-0.25, -0.2) is 0 Å². The number of aliphatic hydroxyl groups excluding tert-OH is 1.